The third kappa shape index (κ3) is 2.41. The van der Waals surface area contributed by atoms with Gasteiger partial charge in [-0.05, 0) is 32.0 Å². The summed E-state index contributed by atoms with van der Waals surface area (Å²) < 4.78 is 5.95. The van der Waals surface area contributed by atoms with E-state index in [4.69, 9.17) is 4.74 Å². The lowest BCUT2D eigenvalue weighted by Gasteiger charge is -2.41. The van der Waals surface area contributed by atoms with Crippen LogP contribution in [0.2, 0.25) is 0 Å². The van der Waals surface area contributed by atoms with E-state index in [0.717, 1.165) is 31.4 Å². The van der Waals surface area contributed by atoms with Gasteiger partial charge in [0.2, 0.25) is 0 Å². The first kappa shape index (κ1) is 12.1. The minimum absolute atomic E-state index is 0.208. The fourth-order valence-corrected chi connectivity index (χ4v) is 2.85. The normalized spacial score (nSPS) is 29.4. The Morgan fingerprint density at radius 1 is 1.44 bits per heavy atom. The van der Waals surface area contributed by atoms with Crippen molar-refractivity contribution in [2.24, 2.45) is 0 Å². The average Bonchev–Trinajstić information content (AvgIpc) is 3.24. The molecule has 4 heteroatoms. The van der Waals surface area contributed by atoms with Crippen LogP contribution in [0.4, 0.5) is 0 Å². The largest absolute Gasteiger partial charge is 0.374 e. The SMILES string of the molecule is CNCC1OCCN(C2CC2)C1c1ccccn1. The second kappa shape index (κ2) is 5.34. The van der Waals surface area contributed by atoms with Crippen molar-refractivity contribution in [3.63, 3.8) is 0 Å². The average molecular weight is 247 g/mol. The van der Waals surface area contributed by atoms with Crippen LogP contribution in [0.5, 0.6) is 0 Å². The first-order chi connectivity index (χ1) is 8.90. The third-order valence-corrected chi connectivity index (χ3v) is 3.80. The topological polar surface area (TPSA) is 37.4 Å². The summed E-state index contributed by atoms with van der Waals surface area (Å²) in [6.45, 7) is 2.75. The summed E-state index contributed by atoms with van der Waals surface area (Å²) in [5.41, 5.74) is 1.14. The van der Waals surface area contributed by atoms with Crippen molar-refractivity contribution < 1.29 is 4.74 Å². The summed E-state index contributed by atoms with van der Waals surface area (Å²) in [7, 11) is 1.98. The van der Waals surface area contributed by atoms with Crippen molar-refractivity contribution in [3.8, 4) is 0 Å². The van der Waals surface area contributed by atoms with E-state index in [1.165, 1.54) is 12.8 Å². The summed E-state index contributed by atoms with van der Waals surface area (Å²) in [4.78, 5) is 7.14. The molecule has 0 radical (unpaired) electrons. The van der Waals surface area contributed by atoms with Gasteiger partial charge in [-0.15, -0.1) is 0 Å². The van der Waals surface area contributed by atoms with Crippen LogP contribution in [-0.2, 0) is 4.74 Å². The molecule has 1 aromatic heterocycles. The molecule has 2 atom stereocenters. The number of hydrogen-bond acceptors (Lipinski definition) is 4. The molecule has 1 N–H and O–H groups in total. The maximum absolute atomic E-state index is 5.95. The Hall–Kier alpha value is -0.970. The summed E-state index contributed by atoms with van der Waals surface area (Å²) in [5.74, 6) is 0. The Morgan fingerprint density at radius 3 is 3.00 bits per heavy atom. The number of hydrogen-bond donors (Lipinski definition) is 1. The van der Waals surface area contributed by atoms with E-state index >= 15 is 0 Å². The standard InChI is InChI=1S/C14H21N3O/c1-15-10-13-14(12-4-2-3-7-16-12)17(8-9-18-13)11-5-6-11/h2-4,7,11,13-15H,5-6,8-10H2,1H3. The molecule has 1 aliphatic carbocycles. The molecule has 0 bridgehead atoms. The molecule has 2 aliphatic rings. The van der Waals surface area contributed by atoms with Crippen LogP contribution < -0.4 is 5.32 Å². The predicted molar refractivity (Wildman–Crippen MR) is 70.4 cm³/mol. The van der Waals surface area contributed by atoms with Gasteiger partial charge in [-0.25, -0.2) is 0 Å². The zero-order valence-corrected chi connectivity index (χ0v) is 10.9. The molecule has 3 rings (SSSR count). The number of nitrogens with one attached hydrogen (secondary N) is 1. The lowest BCUT2D eigenvalue weighted by molar-refractivity contribution is -0.0753. The zero-order chi connectivity index (χ0) is 12.4. The Balaban J connectivity index is 1.86. The quantitative estimate of drug-likeness (QED) is 0.867. The first-order valence-electron chi connectivity index (χ1n) is 6.83. The minimum atomic E-state index is 0.208. The van der Waals surface area contributed by atoms with Crippen LogP contribution in [0.3, 0.4) is 0 Å². The molecule has 98 valence electrons. The van der Waals surface area contributed by atoms with Gasteiger partial charge >= 0.3 is 0 Å². The van der Waals surface area contributed by atoms with Gasteiger partial charge in [-0.2, -0.15) is 0 Å². The van der Waals surface area contributed by atoms with Crippen LogP contribution in [-0.4, -0.2) is 48.8 Å². The maximum atomic E-state index is 5.95. The summed E-state index contributed by atoms with van der Waals surface area (Å²) in [6.07, 6.45) is 4.75. The van der Waals surface area contributed by atoms with E-state index in [-0.39, 0.29) is 6.10 Å². The van der Waals surface area contributed by atoms with Gasteiger partial charge in [0.15, 0.2) is 0 Å². The Morgan fingerprint density at radius 2 is 2.33 bits per heavy atom. The highest BCUT2D eigenvalue weighted by Crippen LogP contribution is 2.37. The van der Waals surface area contributed by atoms with Gasteiger partial charge in [-0.1, -0.05) is 6.07 Å². The maximum Gasteiger partial charge on any atom is 0.0911 e. The number of rotatable bonds is 4. The summed E-state index contributed by atoms with van der Waals surface area (Å²) in [5, 5.41) is 3.24. The zero-order valence-electron chi connectivity index (χ0n) is 10.9. The van der Waals surface area contributed by atoms with Crippen LogP contribution >= 0.6 is 0 Å². The molecule has 18 heavy (non-hydrogen) atoms. The molecular weight excluding hydrogens is 226 g/mol. The molecule has 1 aliphatic heterocycles. The fraction of sp³-hybridized carbons (Fsp3) is 0.643. The predicted octanol–water partition coefficient (Wildman–Crippen LogP) is 1.21. The summed E-state index contributed by atoms with van der Waals surface area (Å²) >= 11 is 0. The first-order valence-corrected chi connectivity index (χ1v) is 6.83. The van der Waals surface area contributed by atoms with Crippen molar-refractivity contribution in [3.05, 3.63) is 30.1 Å². The van der Waals surface area contributed by atoms with Crippen LogP contribution in [0, 0.1) is 0 Å². The van der Waals surface area contributed by atoms with Crippen molar-refractivity contribution in [2.75, 3.05) is 26.7 Å². The van der Waals surface area contributed by atoms with E-state index in [1.54, 1.807) is 0 Å². The van der Waals surface area contributed by atoms with Crippen LogP contribution in [0.1, 0.15) is 24.6 Å². The van der Waals surface area contributed by atoms with Crippen LogP contribution in [0.25, 0.3) is 0 Å². The molecule has 4 nitrogen and oxygen atoms in total. The number of likely N-dealkylation sites (N-methyl/N-ethyl adjacent to an activating group) is 1. The van der Waals surface area contributed by atoms with E-state index in [2.05, 4.69) is 27.3 Å². The molecule has 0 aromatic carbocycles. The molecule has 2 heterocycles. The Kier molecular flexibility index (Phi) is 3.59. The number of morpholine rings is 1. The number of nitrogens with zero attached hydrogens (tertiary/aromatic N) is 2. The molecule has 2 unspecified atom stereocenters. The van der Waals surface area contributed by atoms with Crippen molar-refractivity contribution in [2.45, 2.75) is 31.0 Å². The second-order valence-electron chi connectivity index (χ2n) is 5.14. The molecule has 1 aromatic rings. The molecule has 0 spiro atoms. The van der Waals surface area contributed by atoms with Gasteiger partial charge in [-0.3, -0.25) is 9.88 Å². The van der Waals surface area contributed by atoms with Crippen LogP contribution in [0.15, 0.2) is 24.4 Å². The highest BCUT2D eigenvalue weighted by Gasteiger charge is 2.41. The number of ether oxygens (including phenoxy) is 1. The van der Waals surface area contributed by atoms with Gasteiger partial charge in [0, 0.05) is 25.3 Å². The molecule has 2 fully saturated rings. The Bertz CT molecular complexity index is 378. The van der Waals surface area contributed by atoms with Gasteiger partial charge < -0.3 is 10.1 Å². The number of pyridine rings is 1. The molecule has 0 amide bonds. The molecule has 1 saturated heterocycles. The highest BCUT2D eigenvalue weighted by atomic mass is 16.5. The Labute approximate surface area is 108 Å². The van der Waals surface area contributed by atoms with E-state index in [1.807, 2.05) is 19.3 Å². The highest BCUT2D eigenvalue weighted by molar-refractivity contribution is 5.13. The summed E-state index contributed by atoms with van der Waals surface area (Å²) in [6, 6.07) is 7.22. The van der Waals surface area contributed by atoms with Gasteiger partial charge in [0.1, 0.15) is 0 Å². The minimum Gasteiger partial charge on any atom is -0.374 e. The van der Waals surface area contributed by atoms with Gasteiger partial charge in [0.05, 0.1) is 24.4 Å². The second-order valence-corrected chi connectivity index (χ2v) is 5.14. The monoisotopic (exact) mass is 247 g/mol. The van der Waals surface area contributed by atoms with E-state index in [9.17, 15) is 0 Å². The van der Waals surface area contributed by atoms with E-state index < -0.39 is 0 Å². The lowest BCUT2D eigenvalue weighted by Crippen LogP contribution is -2.49. The molecular formula is C14H21N3O. The van der Waals surface area contributed by atoms with Crippen molar-refractivity contribution in [1.82, 2.24) is 15.2 Å². The molecule has 1 saturated carbocycles. The van der Waals surface area contributed by atoms with Gasteiger partial charge in [0.25, 0.3) is 0 Å². The number of aromatic nitrogens is 1. The van der Waals surface area contributed by atoms with Crippen molar-refractivity contribution >= 4 is 0 Å². The third-order valence-electron chi connectivity index (χ3n) is 3.80. The lowest BCUT2D eigenvalue weighted by atomic mass is 10.0. The fourth-order valence-electron chi connectivity index (χ4n) is 2.85. The van der Waals surface area contributed by atoms with E-state index in [0.29, 0.717) is 6.04 Å². The smallest absolute Gasteiger partial charge is 0.0911 e. The van der Waals surface area contributed by atoms with Crippen molar-refractivity contribution in [1.29, 1.82) is 0 Å².